The van der Waals surface area contributed by atoms with Crippen LogP contribution in [0.15, 0.2) is 36.5 Å². The van der Waals surface area contributed by atoms with Crippen LogP contribution in [0.4, 0.5) is 0 Å². The van der Waals surface area contributed by atoms with Crippen molar-refractivity contribution in [2.24, 2.45) is 0 Å². The summed E-state index contributed by atoms with van der Waals surface area (Å²) in [6.07, 6.45) is 1.54. The molecule has 94 valence electrons. The first kappa shape index (κ1) is 12.2. The summed E-state index contributed by atoms with van der Waals surface area (Å²) in [5.41, 5.74) is 0.749. The first-order valence-corrected chi connectivity index (χ1v) is 5.68. The maximum Gasteiger partial charge on any atom is 0.372 e. The first-order valence-electron chi connectivity index (χ1n) is 5.68. The molecule has 0 aliphatic rings. The van der Waals surface area contributed by atoms with E-state index in [-0.39, 0.29) is 5.82 Å². The van der Waals surface area contributed by atoms with Crippen molar-refractivity contribution in [1.29, 1.82) is 0 Å². The third-order valence-corrected chi connectivity index (χ3v) is 2.58. The minimum absolute atomic E-state index is 0.0455. The second kappa shape index (κ2) is 5.35. The van der Waals surface area contributed by atoms with Gasteiger partial charge in [0.05, 0.1) is 11.9 Å². The SMILES string of the molecule is CCn1c(COc2ccccc2)cnc1C(=O)O. The van der Waals surface area contributed by atoms with Crippen LogP contribution in [0.25, 0.3) is 0 Å². The number of carboxylic acids is 1. The average molecular weight is 246 g/mol. The van der Waals surface area contributed by atoms with Crippen molar-refractivity contribution in [3.63, 3.8) is 0 Å². The second-order valence-electron chi connectivity index (χ2n) is 3.72. The Morgan fingerprint density at radius 3 is 2.72 bits per heavy atom. The van der Waals surface area contributed by atoms with Crippen molar-refractivity contribution in [1.82, 2.24) is 9.55 Å². The highest BCUT2D eigenvalue weighted by Crippen LogP contribution is 2.13. The van der Waals surface area contributed by atoms with E-state index in [1.54, 1.807) is 4.57 Å². The minimum atomic E-state index is -1.03. The zero-order valence-corrected chi connectivity index (χ0v) is 10.0. The fourth-order valence-corrected chi connectivity index (χ4v) is 1.72. The molecule has 2 aromatic rings. The Morgan fingerprint density at radius 2 is 2.11 bits per heavy atom. The maximum atomic E-state index is 10.9. The highest BCUT2D eigenvalue weighted by atomic mass is 16.5. The predicted octanol–water partition coefficient (Wildman–Crippen LogP) is 2.18. The Bertz CT molecular complexity index is 534. The first-order chi connectivity index (χ1) is 8.72. The van der Waals surface area contributed by atoms with Crippen LogP contribution in [0.3, 0.4) is 0 Å². The number of para-hydroxylation sites is 1. The lowest BCUT2D eigenvalue weighted by molar-refractivity contribution is 0.0677. The molecule has 0 radical (unpaired) electrons. The van der Waals surface area contributed by atoms with Gasteiger partial charge in [-0.1, -0.05) is 18.2 Å². The van der Waals surface area contributed by atoms with Crippen LogP contribution in [-0.4, -0.2) is 20.6 Å². The predicted molar refractivity (Wildman–Crippen MR) is 65.6 cm³/mol. The van der Waals surface area contributed by atoms with E-state index in [2.05, 4.69) is 4.98 Å². The smallest absolute Gasteiger partial charge is 0.372 e. The molecule has 0 bridgehead atoms. The van der Waals surface area contributed by atoms with Gasteiger partial charge in [0.2, 0.25) is 5.82 Å². The molecule has 0 unspecified atom stereocenters. The molecule has 0 aliphatic heterocycles. The Labute approximate surface area is 105 Å². The number of ether oxygens (including phenoxy) is 1. The Kier molecular flexibility index (Phi) is 3.62. The van der Waals surface area contributed by atoms with Crippen LogP contribution in [0.1, 0.15) is 23.2 Å². The average Bonchev–Trinajstić information content (AvgIpc) is 2.80. The normalized spacial score (nSPS) is 10.3. The van der Waals surface area contributed by atoms with Gasteiger partial charge < -0.3 is 14.4 Å². The van der Waals surface area contributed by atoms with Crippen LogP contribution >= 0.6 is 0 Å². The molecular formula is C13H14N2O3. The fraction of sp³-hybridized carbons (Fsp3) is 0.231. The molecule has 0 amide bonds. The second-order valence-corrected chi connectivity index (χ2v) is 3.72. The molecule has 0 fully saturated rings. The molecule has 5 nitrogen and oxygen atoms in total. The molecule has 5 heteroatoms. The Hall–Kier alpha value is -2.30. The Balaban J connectivity index is 2.12. The van der Waals surface area contributed by atoms with Gasteiger partial charge in [-0.05, 0) is 19.1 Å². The van der Waals surface area contributed by atoms with Crippen LogP contribution in [0.2, 0.25) is 0 Å². The maximum absolute atomic E-state index is 10.9. The molecule has 0 saturated heterocycles. The van der Waals surface area contributed by atoms with E-state index in [9.17, 15) is 4.79 Å². The van der Waals surface area contributed by atoms with Crippen molar-refractivity contribution in [2.75, 3.05) is 0 Å². The van der Waals surface area contributed by atoms with Gasteiger partial charge in [-0.25, -0.2) is 9.78 Å². The van der Waals surface area contributed by atoms with E-state index in [0.717, 1.165) is 11.4 Å². The number of aromatic carboxylic acids is 1. The monoisotopic (exact) mass is 246 g/mol. The van der Waals surface area contributed by atoms with Gasteiger partial charge in [0, 0.05) is 6.54 Å². The number of imidazole rings is 1. The van der Waals surface area contributed by atoms with Gasteiger partial charge in [-0.2, -0.15) is 0 Å². The lowest BCUT2D eigenvalue weighted by Crippen LogP contribution is -2.12. The van der Waals surface area contributed by atoms with Crippen LogP contribution in [0.5, 0.6) is 5.75 Å². The van der Waals surface area contributed by atoms with Crippen molar-refractivity contribution in [3.8, 4) is 5.75 Å². The molecule has 18 heavy (non-hydrogen) atoms. The summed E-state index contributed by atoms with van der Waals surface area (Å²) >= 11 is 0. The third-order valence-electron chi connectivity index (χ3n) is 2.58. The molecule has 2 rings (SSSR count). The summed E-state index contributed by atoms with van der Waals surface area (Å²) in [7, 11) is 0. The summed E-state index contributed by atoms with van der Waals surface area (Å²) in [6.45, 7) is 2.73. The van der Waals surface area contributed by atoms with Crippen LogP contribution in [-0.2, 0) is 13.2 Å². The number of hydrogen-bond acceptors (Lipinski definition) is 3. The van der Waals surface area contributed by atoms with E-state index in [1.165, 1.54) is 6.20 Å². The number of carbonyl (C=O) groups is 1. The summed E-state index contributed by atoms with van der Waals surface area (Å²) in [5, 5.41) is 8.97. The van der Waals surface area contributed by atoms with Gasteiger partial charge in [0.25, 0.3) is 0 Å². The van der Waals surface area contributed by atoms with Gasteiger partial charge in [-0.3, -0.25) is 0 Å². The number of rotatable bonds is 5. The van der Waals surface area contributed by atoms with E-state index >= 15 is 0 Å². The zero-order chi connectivity index (χ0) is 13.0. The van der Waals surface area contributed by atoms with E-state index in [1.807, 2.05) is 37.3 Å². The van der Waals surface area contributed by atoms with Gasteiger partial charge in [-0.15, -0.1) is 0 Å². The van der Waals surface area contributed by atoms with E-state index < -0.39 is 5.97 Å². The summed E-state index contributed by atoms with van der Waals surface area (Å²) in [6, 6.07) is 9.38. The van der Waals surface area contributed by atoms with Crippen molar-refractivity contribution in [2.45, 2.75) is 20.1 Å². The Morgan fingerprint density at radius 1 is 1.39 bits per heavy atom. The zero-order valence-electron chi connectivity index (χ0n) is 10.0. The lowest BCUT2D eigenvalue weighted by atomic mass is 10.3. The highest BCUT2D eigenvalue weighted by Gasteiger charge is 2.14. The van der Waals surface area contributed by atoms with Gasteiger partial charge in [0.1, 0.15) is 12.4 Å². The third kappa shape index (κ3) is 2.51. The van der Waals surface area contributed by atoms with Gasteiger partial charge >= 0.3 is 5.97 Å². The fourth-order valence-electron chi connectivity index (χ4n) is 1.72. The molecule has 0 spiro atoms. The minimum Gasteiger partial charge on any atom is -0.487 e. The van der Waals surface area contributed by atoms with Crippen LogP contribution in [0, 0.1) is 0 Å². The van der Waals surface area contributed by atoms with Crippen molar-refractivity contribution in [3.05, 3.63) is 48.0 Å². The largest absolute Gasteiger partial charge is 0.487 e. The van der Waals surface area contributed by atoms with E-state index in [0.29, 0.717) is 13.2 Å². The summed E-state index contributed by atoms with van der Waals surface area (Å²) < 4.78 is 7.20. The van der Waals surface area contributed by atoms with Crippen molar-refractivity contribution < 1.29 is 14.6 Å². The van der Waals surface area contributed by atoms with Crippen LogP contribution < -0.4 is 4.74 Å². The quantitative estimate of drug-likeness (QED) is 0.878. The standard InChI is InChI=1S/C13H14N2O3/c1-2-15-10(8-14-12(15)13(16)17)9-18-11-6-4-3-5-7-11/h3-8H,2,9H2,1H3,(H,16,17). The summed E-state index contributed by atoms with van der Waals surface area (Å²) in [4.78, 5) is 14.8. The molecule has 0 atom stereocenters. The molecule has 1 N–H and O–H groups in total. The number of nitrogens with zero attached hydrogens (tertiary/aromatic N) is 2. The molecule has 0 aliphatic carbocycles. The molecule has 1 heterocycles. The number of carboxylic acid groups (broad SMARTS) is 1. The lowest BCUT2D eigenvalue weighted by Gasteiger charge is -2.09. The van der Waals surface area contributed by atoms with E-state index in [4.69, 9.17) is 9.84 Å². The summed E-state index contributed by atoms with van der Waals surface area (Å²) in [5.74, 6) is -0.231. The molecule has 1 aromatic carbocycles. The highest BCUT2D eigenvalue weighted by molar-refractivity contribution is 5.83. The number of hydrogen-bond donors (Lipinski definition) is 1. The topological polar surface area (TPSA) is 64.4 Å². The van der Waals surface area contributed by atoms with Gasteiger partial charge in [0.15, 0.2) is 0 Å². The number of benzene rings is 1. The molecule has 0 saturated carbocycles. The number of aromatic nitrogens is 2. The molecular weight excluding hydrogens is 232 g/mol. The van der Waals surface area contributed by atoms with Crippen molar-refractivity contribution >= 4 is 5.97 Å². The molecule has 1 aromatic heterocycles.